The van der Waals surface area contributed by atoms with Crippen molar-refractivity contribution < 1.29 is 28.8 Å². The highest BCUT2D eigenvalue weighted by Crippen LogP contribution is 2.32. The highest BCUT2D eigenvalue weighted by Gasteiger charge is 2.45. The molecule has 2 aliphatic rings. The Hall–Kier alpha value is -4.55. The van der Waals surface area contributed by atoms with Gasteiger partial charge in [0.2, 0.25) is 23.6 Å². The second kappa shape index (κ2) is 14.5. The average Bonchev–Trinajstić information content (AvgIpc) is 3.66. The van der Waals surface area contributed by atoms with Crippen LogP contribution < -0.4 is 16.0 Å². The Bertz CT molecular complexity index is 1600. The average molecular weight is 650 g/mol. The summed E-state index contributed by atoms with van der Waals surface area (Å²) in [5.74, 6) is -3.21. The SMILES string of the molecule is O=C1CCC(N2C(=O)c3cccc(NCCCCN(C(=O)CCl)C(C(=O)NCc4ccccc4)c4cccs4)c3C2=O)C(=O)N1. The van der Waals surface area contributed by atoms with Crippen LogP contribution >= 0.6 is 22.9 Å². The third-order valence-corrected chi connectivity index (χ3v) is 8.88. The quantitative estimate of drug-likeness (QED) is 0.146. The predicted octanol–water partition coefficient (Wildman–Crippen LogP) is 3.47. The Labute approximate surface area is 268 Å². The van der Waals surface area contributed by atoms with Gasteiger partial charge in [-0.3, -0.25) is 39.0 Å². The van der Waals surface area contributed by atoms with E-state index in [4.69, 9.17) is 11.6 Å². The number of rotatable bonds is 13. The van der Waals surface area contributed by atoms with E-state index in [1.807, 2.05) is 47.8 Å². The molecule has 2 unspecified atom stereocenters. The zero-order chi connectivity index (χ0) is 31.9. The molecule has 6 amide bonds. The minimum absolute atomic E-state index is 0.0419. The molecule has 0 aliphatic carbocycles. The number of hydrogen-bond donors (Lipinski definition) is 3. The van der Waals surface area contributed by atoms with E-state index in [-0.39, 0.29) is 48.2 Å². The zero-order valence-corrected chi connectivity index (χ0v) is 25.9. The first-order valence-electron chi connectivity index (χ1n) is 14.6. The number of nitrogens with zero attached hydrogens (tertiary/aromatic N) is 2. The molecule has 2 atom stereocenters. The van der Waals surface area contributed by atoms with Crippen molar-refractivity contribution >= 4 is 64.1 Å². The van der Waals surface area contributed by atoms with E-state index in [0.717, 1.165) is 15.3 Å². The van der Waals surface area contributed by atoms with Gasteiger partial charge in [-0.25, -0.2) is 0 Å². The Morgan fingerprint density at radius 3 is 2.51 bits per heavy atom. The van der Waals surface area contributed by atoms with Gasteiger partial charge in [0.25, 0.3) is 11.8 Å². The first-order valence-corrected chi connectivity index (χ1v) is 16.0. The summed E-state index contributed by atoms with van der Waals surface area (Å²) in [5.41, 5.74) is 1.75. The van der Waals surface area contributed by atoms with Crippen molar-refractivity contribution in [2.24, 2.45) is 0 Å². The molecule has 0 saturated carbocycles. The van der Waals surface area contributed by atoms with E-state index < -0.39 is 35.7 Å². The number of carbonyl (C=O) groups is 6. The molecular formula is C32H32ClN5O6S. The predicted molar refractivity (Wildman–Crippen MR) is 169 cm³/mol. The molecule has 2 aliphatic heterocycles. The van der Waals surface area contributed by atoms with Crippen LogP contribution in [0, 0.1) is 0 Å². The highest BCUT2D eigenvalue weighted by atomic mass is 35.5. The number of hydrogen-bond acceptors (Lipinski definition) is 8. The molecule has 5 rings (SSSR count). The zero-order valence-electron chi connectivity index (χ0n) is 24.3. The largest absolute Gasteiger partial charge is 0.384 e. The van der Waals surface area contributed by atoms with E-state index in [1.165, 1.54) is 22.3 Å². The summed E-state index contributed by atoms with van der Waals surface area (Å²) < 4.78 is 0. The number of unbranched alkanes of at least 4 members (excludes halogenated alkanes) is 1. The maximum atomic E-state index is 13.4. The van der Waals surface area contributed by atoms with Gasteiger partial charge in [-0.2, -0.15) is 0 Å². The number of carbonyl (C=O) groups excluding carboxylic acids is 6. The van der Waals surface area contributed by atoms with Gasteiger partial charge in [-0.15, -0.1) is 22.9 Å². The van der Waals surface area contributed by atoms with Crippen molar-refractivity contribution in [3.05, 3.63) is 87.6 Å². The van der Waals surface area contributed by atoms with Crippen molar-refractivity contribution in [2.45, 2.75) is 44.3 Å². The van der Waals surface area contributed by atoms with Gasteiger partial charge in [-0.05, 0) is 48.4 Å². The molecule has 0 radical (unpaired) electrons. The summed E-state index contributed by atoms with van der Waals surface area (Å²) in [6.07, 6.45) is 1.21. The topological polar surface area (TPSA) is 145 Å². The number of piperidine rings is 1. The van der Waals surface area contributed by atoms with Crippen LogP contribution in [-0.4, -0.2) is 70.3 Å². The molecule has 3 heterocycles. The van der Waals surface area contributed by atoms with Crippen LogP contribution in [0.2, 0.25) is 0 Å². The number of thiophene rings is 1. The molecule has 0 spiro atoms. The van der Waals surface area contributed by atoms with E-state index in [0.29, 0.717) is 31.6 Å². The van der Waals surface area contributed by atoms with Gasteiger partial charge in [0, 0.05) is 36.6 Å². The molecule has 3 aromatic rings. The van der Waals surface area contributed by atoms with Crippen LogP contribution in [0.3, 0.4) is 0 Å². The molecule has 45 heavy (non-hydrogen) atoms. The van der Waals surface area contributed by atoms with Crippen LogP contribution in [-0.2, 0) is 25.7 Å². The number of amides is 6. The standard InChI is InChI=1S/C32H32ClN5O6S/c33-18-26(40)37(28(24-12-7-17-45-24)30(42)35-19-20-8-2-1-3-9-20)16-5-4-15-34-22-11-6-10-21-27(22)32(44)38(31(21)43)23-13-14-25(39)36-29(23)41/h1-3,6-12,17,23,28,34H,4-5,13-16,18-19H2,(H,35,42)(H,36,39,41). The van der Waals surface area contributed by atoms with Crippen LogP contribution in [0.4, 0.5) is 5.69 Å². The van der Waals surface area contributed by atoms with Gasteiger partial charge in [0.15, 0.2) is 0 Å². The Morgan fingerprint density at radius 1 is 1.00 bits per heavy atom. The molecule has 234 valence electrons. The number of anilines is 1. The molecule has 13 heteroatoms. The Balaban J connectivity index is 1.22. The van der Waals surface area contributed by atoms with Crippen molar-refractivity contribution in [3.8, 4) is 0 Å². The number of halogens is 1. The maximum absolute atomic E-state index is 13.4. The summed E-state index contributed by atoms with van der Waals surface area (Å²) in [4.78, 5) is 80.0. The van der Waals surface area contributed by atoms with Crippen molar-refractivity contribution in [2.75, 3.05) is 24.3 Å². The molecular weight excluding hydrogens is 618 g/mol. The van der Waals surface area contributed by atoms with E-state index in [9.17, 15) is 28.8 Å². The van der Waals surface area contributed by atoms with Gasteiger partial charge >= 0.3 is 0 Å². The minimum atomic E-state index is -1.05. The van der Waals surface area contributed by atoms with Crippen molar-refractivity contribution in [1.29, 1.82) is 0 Å². The molecule has 0 bridgehead atoms. The Morgan fingerprint density at radius 2 is 1.80 bits per heavy atom. The van der Waals surface area contributed by atoms with Gasteiger partial charge in [-0.1, -0.05) is 42.5 Å². The third-order valence-electron chi connectivity index (χ3n) is 7.73. The summed E-state index contributed by atoms with van der Waals surface area (Å²) in [6.45, 7) is 0.989. The van der Waals surface area contributed by atoms with Crippen molar-refractivity contribution in [3.63, 3.8) is 0 Å². The molecule has 1 aromatic heterocycles. The normalized spacial score (nSPS) is 16.6. The smallest absolute Gasteiger partial charge is 0.264 e. The lowest BCUT2D eigenvalue weighted by Crippen LogP contribution is -2.54. The molecule has 1 fully saturated rings. The lowest BCUT2D eigenvalue weighted by atomic mass is 10.0. The summed E-state index contributed by atoms with van der Waals surface area (Å²) in [6, 6.07) is 16.1. The van der Waals surface area contributed by atoms with E-state index >= 15 is 0 Å². The number of nitrogens with one attached hydrogen (secondary N) is 3. The second-order valence-electron chi connectivity index (χ2n) is 10.7. The molecule has 2 aromatic carbocycles. The van der Waals surface area contributed by atoms with Gasteiger partial charge in [0.1, 0.15) is 18.0 Å². The lowest BCUT2D eigenvalue weighted by Gasteiger charge is -2.30. The fourth-order valence-corrected chi connectivity index (χ4v) is 6.51. The fraction of sp³-hybridized carbons (Fsp3) is 0.312. The Kier molecular flexibility index (Phi) is 10.3. The summed E-state index contributed by atoms with van der Waals surface area (Å²) in [5, 5.41) is 10.2. The number of imide groups is 2. The highest BCUT2D eigenvalue weighted by molar-refractivity contribution is 7.10. The summed E-state index contributed by atoms with van der Waals surface area (Å²) in [7, 11) is 0. The number of alkyl halides is 1. The minimum Gasteiger partial charge on any atom is -0.384 e. The van der Waals surface area contributed by atoms with E-state index in [2.05, 4.69) is 16.0 Å². The molecule has 11 nitrogen and oxygen atoms in total. The fourth-order valence-electron chi connectivity index (χ4n) is 5.52. The van der Waals surface area contributed by atoms with Crippen LogP contribution in [0.5, 0.6) is 0 Å². The van der Waals surface area contributed by atoms with Crippen LogP contribution in [0.15, 0.2) is 66.0 Å². The first-order chi connectivity index (χ1) is 21.8. The second-order valence-corrected chi connectivity index (χ2v) is 11.9. The van der Waals surface area contributed by atoms with Gasteiger partial charge < -0.3 is 15.5 Å². The van der Waals surface area contributed by atoms with Crippen molar-refractivity contribution in [1.82, 2.24) is 20.4 Å². The molecule has 3 N–H and O–H groups in total. The monoisotopic (exact) mass is 649 g/mol. The molecule has 1 saturated heterocycles. The van der Waals surface area contributed by atoms with Crippen LogP contribution in [0.1, 0.15) is 62.9 Å². The number of fused-ring (bicyclic) bond motifs is 1. The number of benzene rings is 2. The first kappa shape index (κ1) is 31.9. The third kappa shape index (κ3) is 7.07. The summed E-state index contributed by atoms with van der Waals surface area (Å²) >= 11 is 7.36. The van der Waals surface area contributed by atoms with Gasteiger partial charge in [0.05, 0.1) is 11.1 Å². The lowest BCUT2D eigenvalue weighted by molar-refractivity contribution is -0.139. The maximum Gasteiger partial charge on any atom is 0.264 e. The van der Waals surface area contributed by atoms with E-state index in [1.54, 1.807) is 12.1 Å². The van der Waals surface area contributed by atoms with Crippen LogP contribution in [0.25, 0.3) is 0 Å².